The molecule has 1 fully saturated rings. The largest absolute Gasteiger partial charge is 0.384 e. The van der Waals surface area contributed by atoms with Crippen LogP contribution in [-0.2, 0) is 5.41 Å². The van der Waals surface area contributed by atoms with Crippen molar-refractivity contribution < 1.29 is 4.52 Å². The fourth-order valence-corrected chi connectivity index (χ4v) is 1.55. The van der Waals surface area contributed by atoms with Crippen LogP contribution in [-0.4, -0.2) is 15.1 Å². The van der Waals surface area contributed by atoms with Crippen molar-refractivity contribution in [2.45, 2.75) is 25.2 Å². The van der Waals surface area contributed by atoms with E-state index in [1.807, 2.05) is 12.1 Å². The lowest BCUT2D eigenvalue weighted by molar-refractivity contribution is 0.415. The van der Waals surface area contributed by atoms with Gasteiger partial charge in [0.2, 0.25) is 0 Å². The van der Waals surface area contributed by atoms with Crippen molar-refractivity contribution in [2.75, 3.05) is 5.73 Å². The number of nitrogens with zero attached hydrogens (tertiary/aromatic N) is 3. The maximum atomic E-state index is 5.60. The Morgan fingerprint density at radius 2 is 2.12 bits per heavy atom. The molecule has 0 aliphatic heterocycles. The third kappa shape index (κ3) is 1.44. The molecule has 0 spiro atoms. The van der Waals surface area contributed by atoms with Crippen molar-refractivity contribution in [2.24, 2.45) is 0 Å². The summed E-state index contributed by atoms with van der Waals surface area (Å²) in [6.07, 6.45) is 2.24. The lowest BCUT2D eigenvalue weighted by atomic mass is 10.1. The SMILES string of the molecule is CC1(c2noc(-c3cccc(N)n3)n2)CC1. The Kier molecular flexibility index (Phi) is 1.77. The van der Waals surface area contributed by atoms with E-state index in [2.05, 4.69) is 22.0 Å². The average Bonchev–Trinajstić information content (AvgIpc) is 2.83. The van der Waals surface area contributed by atoms with E-state index in [0.29, 0.717) is 17.4 Å². The molecular formula is C11H12N4O. The number of rotatable bonds is 2. The molecule has 3 rings (SSSR count). The molecule has 0 amide bonds. The summed E-state index contributed by atoms with van der Waals surface area (Å²) in [4.78, 5) is 8.50. The van der Waals surface area contributed by atoms with Crippen LogP contribution in [0.3, 0.4) is 0 Å². The van der Waals surface area contributed by atoms with Gasteiger partial charge in [0.05, 0.1) is 0 Å². The monoisotopic (exact) mass is 216 g/mol. The molecule has 1 saturated carbocycles. The minimum absolute atomic E-state index is 0.113. The van der Waals surface area contributed by atoms with E-state index < -0.39 is 0 Å². The molecule has 2 heterocycles. The maximum absolute atomic E-state index is 5.60. The van der Waals surface area contributed by atoms with E-state index in [1.54, 1.807) is 6.07 Å². The van der Waals surface area contributed by atoms with E-state index >= 15 is 0 Å². The highest BCUT2D eigenvalue weighted by Gasteiger charge is 2.43. The van der Waals surface area contributed by atoms with Gasteiger partial charge in [-0.3, -0.25) is 0 Å². The Hall–Kier alpha value is -1.91. The van der Waals surface area contributed by atoms with Crippen molar-refractivity contribution in [3.63, 3.8) is 0 Å². The van der Waals surface area contributed by atoms with Gasteiger partial charge in [-0.25, -0.2) is 4.98 Å². The molecule has 0 aromatic carbocycles. The molecule has 2 aromatic heterocycles. The van der Waals surface area contributed by atoms with Gasteiger partial charge in [0.1, 0.15) is 11.5 Å². The van der Waals surface area contributed by atoms with Crippen LogP contribution in [0.2, 0.25) is 0 Å². The van der Waals surface area contributed by atoms with Crippen molar-refractivity contribution in [3.8, 4) is 11.6 Å². The lowest BCUT2D eigenvalue weighted by Gasteiger charge is -1.97. The highest BCUT2D eigenvalue weighted by Crippen LogP contribution is 2.46. The summed E-state index contributed by atoms with van der Waals surface area (Å²) in [7, 11) is 0. The number of nitrogens with two attached hydrogens (primary N) is 1. The minimum atomic E-state index is 0.113. The second-order valence-corrected chi connectivity index (χ2v) is 4.43. The Morgan fingerprint density at radius 3 is 2.81 bits per heavy atom. The number of nitrogen functional groups attached to an aromatic ring is 1. The normalized spacial score (nSPS) is 17.3. The lowest BCUT2D eigenvalue weighted by Crippen LogP contribution is -2.02. The van der Waals surface area contributed by atoms with Crippen LogP contribution in [0.5, 0.6) is 0 Å². The standard InChI is InChI=1S/C11H12N4O/c1-11(5-6-11)10-14-9(16-15-10)7-3-2-4-8(12)13-7/h2-4H,5-6H2,1H3,(H2,12,13). The molecule has 0 unspecified atom stereocenters. The van der Waals surface area contributed by atoms with Gasteiger partial charge in [0.25, 0.3) is 5.89 Å². The van der Waals surface area contributed by atoms with Crippen LogP contribution in [0.1, 0.15) is 25.6 Å². The van der Waals surface area contributed by atoms with Crippen LogP contribution < -0.4 is 5.73 Å². The molecule has 2 aromatic rings. The van der Waals surface area contributed by atoms with Gasteiger partial charge in [0, 0.05) is 5.41 Å². The van der Waals surface area contributed by atoms with E-state index in [1.165, 1.54) is 0 Å². The summed E-state index contributed by atoms with van der Waals surface area (Å²) in [5.74, 6) is 1.66. The van der Waals surface area contributed by atoms with E-state index in [-0.39, 0.29) is 5.41 Å². The van der Waals surface area contributed by atoms with Gasteiger partial charge >= 0.3 is 0 Å². The Morgan fingerprint density at radius 1 is 1.31 bits per heavy atom. The van der Waals surface area contributed by atoms with Gasteiger partial charge in [-0.2, -0.15) is 4.98 Å². The molecular weight excluding hydrogens is 204 g/mol. The summed E-state index contributed by atoms with van der Waals surface area (Å²) in [5, 5.41) is 3.99. The molecule has 5 heteroatoms. The zero-order valence-electron chi connectivity index (χ0n) is 8.97. The second-order valence-electron chi connectivity index (χ2n) is 4.43. The Labute approximate surface area is 92.7 Å². The summed E-state index contributed by atoms with van der Waals surface area (Å²) < 4.78 is 5.19. The predicted molar refractivity (Wildman–Crippen MR) is 58.5 cm³/mol. The summed E-state index contributed by atoms with van der Waals surface area (Å²) in [6.45, 7) is 2.13. The van der Waals surface area contributed by atoms with Crippen molar-refractivity contribution in [3.05, 3.63) is 24.0 Å². The van der Waals surface area contributed by atoms with Gasteiger partial charge in [0.15, 0.2) is 5.82 Å². The van der Waals surface area contributed by atoms with Crippen molar-refractivity contribution >= 4 is 5.82 Å². The Balaban J connectivity index is 1.98. The number of anilines is 1. The molecule has 0 bridgehead atoms. The number of hydrogen-bond acceptors (Lipinski definition) is 5. The summed E-state index contributed by atoms with van der Waals surface area (Å²) in [6, 6.07) is 5.35. The van der Waals surface area contributed by atoms with Crippen LogP contribution in [0.15, 0.2) is 22.7 Å². The molecule has 0 saturated heterocycles. The highest BCUT2D eigenvalue weighted by molar-refractivity contribution is 5.50. The number of hydrogen-bond donors (Lipinski definition) is 1. The van der Waals surface area contributed by atoms with Gasteiger partial charge in [-0.15, -0.1) is 0 Å². The number of pyridine rings is 1. The van der Waals surface area contributed by atoms with Crippen molar-refractivity contribution in [1.82, 2.24) is 15.1 Å². The third-order valence-corrected chi connectivity index (χ3v) is 2.96. The van der Waals surface area contributed by atoms with E-state index in [0.717, 1.165) is 18.7 Å². The van der Waals surface area contributed by atoms with Crippen LogP contribution >= 0.6 is 0 Å². The topological polar surface area (TPSA) is 77.8 Å². The molecule has 5 nitrogen and oxygen atoms in total. The maximum Gasteiger partial charge on any atom is 0.276 e. The molecule has 82 valence electrons. The minimum Gasteiger partial charge on any atom is -0.384 e. The van der Waals surface area contributed by atoms with Crippen molar-refractivity contribution in [1.29, 1.82) is 0 Å². The fraction of sp³-hybridized carbons (Fsp3) is 0.364. The molecule has 1 aliphatic carbocycles. The predicted octanol–water partition coefficient (Wildman–Crippen LogP) is 1.77. The molecule has 2 N–H and O–H groups in total. The zero-order chi connectivity index (χ0) is 11.2. The fourth-order valence-electron chi connectivity index (χ4n) is 1.55. The third-order valence-electron chi connectivity index (χ3n) is 2.96. The summed E-state index contributed by atoms with van der Waals surface area (Å²) in [5.41, 5.74) is 6.34. The van der Waals surface area contributed by atoms with Crippen LogP contribution in [0, 0.1) is 0 Å². The molecule has 0 atom stereocenters. The molecule has 1 aliphatic rings. The highest BCUT2D eigenvalue weighted by atomic mass is 16.5. The molecule has 0 radical (unpaired) electrons. The van der Waals surface area contributed by atoms with E-state index in [4.69, 9.17) is 10.3 Å². The first-order valence-corrected chi connectivity index (χ1v) is 5.24. The van der Waals surface area contributed by atoms with Crippen LogP contribution in [0.4, 0.5) is 5.82 Å². The van der Waals surface area contributed by atoms with E-state index in [9.17, 15) is 0 Å². The summed E-state index contributed by atoms with van der Waals surface area (Å²) >= 11 is 0. The Bertz CT molecular complexity index is 530. The average molecular weight is 216 g/mol. The van der Waals surface area contributed by atoms with Crippen LogP contribution in [0.25, 0.3) is 11.6 Å². The first kappa shape index (κ1) is 9.33. The molecule has 16 heavy (non-hydrogen) atoms. The first-order valence-electron chi connectivity index (χ1n) is 5.24. The van der Waals surface area contributed by atoms with Gasteiger partial charge in [-0.1, -0.05) is 18.1 Å². The van der Waals surface area contributed by atoms with Gasteiger partial charge in [-0.05, 0) is 25.0 Å². The zero-order valence-corrected chi connectivity index (χ0v) is 8.97. The van der Waals surface area contributed by atoms with Gasteiger partial charge < -0.3 is 10.3 Å². The second kappa shape index (κ2) is 3.04. The number of aromatic nitrogens is 3. The quantitative estimate of drug-likeness (QED) is 0.827. The smallest absolute Gasteiger partial charge is 0.276 e. The first-order chi connectivity index (χ1) is 7.67.